The highest BCUT2D eigenvalue weighted by Crippen LogP contribution is 2.40. The molecule has 2 N–H and O–H groups in total. The molecule has 0 bridgehead atoms. The van der Waals surface area contributed by atoms with Gasteiger partial charge in [0.2, 0.25) is 5.91 Å². The summed E-state index contributed by atoms with van der Waals surface area (Å²) in [6, 6.07) is 19.2. The number of methoxy groups -OCH3 is 1. The average Bonchev–Trinajstić information content (AvgIpc) is 2.82. The van der Waals surface area contributed by atoms with Crippen molar-refractivity contribution in [3.63, 3.8) is 0 Å². The number of hydrogen-bond donors (Lipinski definition) is 2. The van der Waals surface area contributed by atoms with Crippen LogP contribution in [0.25, 0.3) is 6.08 Å². The summed E-state index contributed by atoms with van der Waals surface area (Å²) in [6.07, 6.45) is 2.40. The number of rotatable bonds is 6. The lowest BCUT2D eigenvalue weighted by Crippen LogP contribution is -2.23. The number of amides is 1. The summed E-state index contributed by atoms with van der Waals surface area (Å²) in [5.41, 5.74) is 3.05. The summed E-state index contributed by atoms with van der Waals surface area (Å²) in [7, 11) is 1.60. The van der Waals surface area contributed by atoms with Gasteiger partial charge >= 0.3 is 0 Å². The van der Waals surface area contributed by atoms with Crippen LogP contribution in [0.15, 0.2) is 72.3 Å². The Labute approximate surface area is 192 Å². The van der Waals surface area contributed by atoms with Crippen molar-refractivity contribution in [1.82, 2.24) is 0 Å². The topological polar surface area (TPSA) is 84.9 Å². The molecular weight excluding hydrogens is 418 g/mol. The lowest BCUT2D eigenvalue weighted by atomic mass is 9.89. The number of Topliss-reactive ketones (excluding diaryl/α,β-unsaturated/α-hetero) is 1. The normalized spacial score (nSPS) is 16.1. The SMILES string of the molecule is CCCC(=O)Nc1ccc(C=C2C(=O)c3cc(O)ccc3OC2c2ccc(OC)cc2)cc1. The highest BCUT2D eigenvalue weighted by atomic mass is 16.5. The van der Waals surface area contributed by atoms with Crippen LogP contribution in [-0.4, -0.2) is 23.9 Å². The molecule has 3 aromatic rings. The van der Waals surface area contributed by atoms with E-state index in [0.717, 1.165) is 17.5 Å². The Balaban J connectivity index is 1.70. The van der Waals surface area contributed by atoms with Crippen LogP contribution in [0.4, 0.5) is 5.69 Å². The van der Waals surface area contributed by atoms with Gasteiger partial charge in [-0.2, -0.15) is 0 Å². The Bertz CT molecular complexity index is 1200. The van der Waals surface area contributed by atoms with E-state index in [9.17, 15) is 14.7 Å². The molecule has 0 fully saturated rings. The van der Waals surface area contributed by atoms with Crippen LogP contribution in [0.3, 0.4) is 0 Å². The van der Waals surface area contributed by atoms with Gasteiger partial charge in [0.1, 0.15) is 17.2 Å². The number of hydrogen-bond acceptors (Lipinski definition) is 5. The van der Waals surface area contributed by atoms with E-state index in [1.54, 1.807) is 31.4 Å². The number of phenols is 1. The fourth-order valence-corrected chi connectivity index (χ4v) is 3.72. The zero-order valence-corrected chi connectivity index (χ0v) is 18.5. The van der Waals surface area contributed by atoms with Crippen LogP contribution in [-0.2, 0) is 4.79 Å². The van der Waals surface area contributed by atoms with Crippen molar-refractivity contribution in [1.29, 1.82) is 0 Å². The maximum Gasteiger partial charge on any atom is 0.224 e. The highest BCUT2D eigenvalue weighted by Gasteiger charge is 2.33. The molecule has 1 aliphatic rings. The number of anilines is 1. The van der Waals surface area contributed by atoms with E-state index >= 15 is 0 Å². The fourth-order valence-electron chi connectivity index (χ4n) is 3.72. The van der Waals surface area contributed by atoms with Gasteiger partial charge in [-0.25, -0.2) is 0 Å². The predicted molar refractivity (Wildman–Crippen MR) is 127 cm³/mol. The molecule has 0 spiro atoms. The molecule has 1 heterocycles. The van der Waals surface area contributed by atoms with Crippen molar-refractivity contribution in [2.75, 3.05) is 12.4 Å². The molecule has 6 nitrogen and oxygen atoms in total. The third kappa shape index (κ3) is 4.90. The second kappa shape index (κ2) is 9.61. The molecule has 168 valence electrons. The molecule has 0 aliphatic carbocycles. The standard InChI is InChI=1S/C27H25NO5/c1-3-4-25(30)28-19-9-5-17(6-10-19)15-23-26(31)22-16-20(29)11-14-24(22)33-27(23)18-7-12-21(32-2)13-8-18/h5-16,27,29H,3-4H2,1-2H3,(H,28,30). The second-order valence-electron chi connectivity index (χ2n) is 7.80. The average molecular weight is 443 g/mol. The van der Waals surface area contributed by atoms with Crippen LogP contribution in [0, 0.1) is 0 Å². The second-order valence-corrected chi connectivity index (χ2v) is 7.80. The number of carbonyl (C=O) groups is 2. The zero-order chi connectivity index (χ0) is 23.4. The van der Waals surface area contributed by atoms with Gasteiger partial charge in [0.25, 0.3) is 0 Å². The number of nitrogens with one attached hydrogen (secondary N) is 1. The summed E-state index contributed by atoms with van der Waals surface area (Å²) >= 11 is 0. The molecule has 4 rings (SSSR count). The lowest BCUT2D eigenvalue weighted by Gasteiger charge is -2.28. The predicted octanol–water partition coefficient (Wildman–Crippen LogP) is 5.54. The van der Waals surface area contributed by atoms with Crippen LogP contribution in [0.5, 0.6) is 17.2 Å². The third-order valence-corrected chi connectivity index (χ3v) is 5.41. The number of aromatic hydroxyl groups is 1. The van der Waals surface area contributed by atoms with Gasteiger partial charge in [-0.1, -0.05) is 31.2 Å². The maximum absolute atomic E-state index is 13.4. The molecule has 3 aromatic carbocycles. The Morgan fingerprint density at radius 3 is 2.48 bits per heavy atom. The minimum atomic E-state index is -0.621. The van der Waals surface area contributed by atoms with E-state index in [4.69, 9.17) is 9.47 Å². The quantitative estimate of drug-likeness (QED) is 0.489. The summed E-state index contributed by atoms with van der Waals surface area (Å²) in [5.74, 6) is 0.881. The smallest absolute Gasteiger partial charge is 0.224 e. The minimum Gasteiger partial charge on any atom is -0.508 e. The number of fused-ring (bicyclic) bond motifs is 1. The lowest BCUT2D eigenvalue weighted by molar-refractivity contribution is -0.116. The Morgan fingerprint density at radius 2 is 1.82 bits per heavy atom. The summed E-state index contributed by atoms with van der Waals surface area (Å²) in [4.78, 5) is 25.3. The van der Waals surface area contributed by atoms with Crippen molar-refractivity contribution in [3.05, 3.63) is 89.0 Å². The largest absolute Gasteiger partial charge is 0.508 e. The van der Waals surface area contributed by atoms with Gasteiger partial charge in [-0.05, 0) is 66.1 Å². The van der Waals surface area contributed by atoms with Crippen LogP contribution in [0.1, 0.15) is 47.4 Å². The Kier molecular flexibility index (Phi) is 6.45. The summed E-state index contributed by atoms with van der Waals surface area (Å²) < 4.78 is 11.5. The number of carbonyl (C=O) groups excluding carboxylic acids is 2. The van der Waals surface area contributed by atoms with E-state index in [2.05, 4.69) is 5.32 Å². The monoisotopic (exact) mass is 443 g/mol. The molecule has 1 amide bonds. The molecule has 0 radical (unpaired) electrons. The number of benzene rings is 3. The number of ether oxygens (including phenoxy) is 2. The van der Waals surface area contributed by atoms with Crippen molar-refractivity contribution in [2.24, 2.45) is 0 Å². The number of ketones is 1. The molecule has 0 saturated heterocycles. The van der Waals surface area contributed by atoms with Gasteiger partial charge < -0.3 is 19.9 Å². The first kappa shape index (κ1) is 22.1. The summed E-state index contributed by atoms with van der Waals surface area (Å²) in [6.45, 7) is 1.95. The van der Waals surface area contributed by atoms with Gasteiger partial charge in [0.15, 0.2) is 11.9 Å². The van der Waals surface area contributed by atoms with E-state index in [1.165, 1.54) is 12.1 Å². The molecule has 6 heteroatoms. The molecule has 33 heavy (non-hydrogen) atoms. The summed E-state index contributed by atoms with van der Waals surface area (Å²) in [5, 5.41) is 12.7. The third-order valence-electron chi connectivity index (χ3n) is 5.41. The van der Waals surface area contributed by atoms with Gasteiger partial charge in [0.05, 0.1) is 12.7 Å². The number of phenolic OH excluding ortho intramolecular Hbond substituents is 1. The van der Waals surface area contributed by atoms with E-state index in [-0.39, 0.29) is 17.4 Å². The zero-order valence-electron chi connectivity index (χ0n) is 18.5. The van der Waals surface area contributed by atoms with Crippen molar-refractivity contribution >= 4 is 23.5 Å². The molecule has 0 aromatic heterocycles. The Morgan fingerprint density at radius 1 is 1.09 bits per heavy atom. The van der Waals surface area contributed by atoms with Crippen LogP contribution in [0.2, 0.25) is 0 Å². The first-order valence-corrected chi connectivity index (χ1v) is 10.8. The first-order chi connectivity index (χ1) is 16.0. The maximum atomic E-state index is 13.4. The van der Waals surface area contributed by atoms with Crippen molar-refractivity contribution in [3.8, 4) is 17.2 Å². The fraction of sp³-hybridized carbons (Fsp3) is 0.185. The van der Waals surface area contributed by atoms with Crippen molar-refractivity contribution < 1.29 is 24.2 Å². The molecule has 1 unspecified atom stereocenters. The van der Waals surface area contributed by atoms with Gasteiger partial charge in [-0.3, -0.25) is 9.59 Å². The van der Waals surface area contributed by atoms with E-state index in [1.807, 2.05) is 43.3 Å². The van der Waals surface area contributed by atoms with Crippen molar-refractivity contribution in [2.45, 2.75) is 25.9 Å². The Hall–Kier alpha value is -4.06. The van der Waals surface area contributed by atoms with Crippen LogP contribution >= 0.6 is 0 Å². The van der Waals surface area contributed by atoms with E-state index < -0.39 is 6.10 Å². The van der Waals surface area contributed by atoms with E-state index in [0.29, 0.717) is 34.7 Å². The molecule has 1 aliphatic heterocycles. The first-order valence-electron chi connectivity index (χ1n) is 10.8. The van der Waals surface area contributed by atoms with Gasteiger partial charge in [-0.15, -0.1) is 0 Å². The highest BCUT2D eigenvalue weighted by molar-refractivity contribution is 6.15. The molecular formula is C27H25NO5. The minimum absolute atomic E-state index is 0.000112. The molecule has 0 saturated carbocycles. The van der Waals surface area contributed by atoms with Crippen LogP contribution < -0.4 is 14.8 Å². The molecule has 1 atom stereocenters. The van der Waals surface area contributed by atoms with Gasteiger partial charge in [0, 0.05) is 17.7 Å².